The van der Waals surface area contributed by atoms with E-state index in [0.29, 0.717) is 37.6 Å². The molecule has 0 saturated carbocycles. The molecule has 1 atom stereocenters. The van der Waals surface area contributed by atoms with Gasteiger partial charge in [-0.15, -0.1) is 0 Å². The Hall–Kier alpha value is -2.85. The molecule has 2 aromatic carbocycles. The van der Waals surface area contributed by atoms with Crippen LogP contribution in [-0.4, -0.2) is 57.3 Å². The number of ether oxygens (including phenoxy) is 2. The van der Waals surface area contributed by atoms with Gasteiger partial charge in [0.15, 0.2) is 11.6 Å². The lowest BCUT2D eigenvalue weighted by molar-refractivity contribution is -0.137. The fourth-order valence-electron chi connectivity index (χ4n) is 3.56. The van der Waals surface area contributed by atoms with Crippen LogP contribution < -0.4 is 15.0 Å². The number of hydrogen-bond acceptors (Lipinski definition) is 5. The maximum Gasteiger partial charge on any atom is 0.416 e. The van der Waals surface area contributed by atoms with E-state index in [0.717, 1.165) is 12.1 Å². The van der Waals surface area contributed by atoms with Crippen molar-refractivity contribution in [3.05, 3.63) is 53.3 Å². The van der Waals surface area contributed by atoms with Gasteiger partial charge in [0.2, 0.25) is 5.91 Å². The first-order chi connectivity index (χ1) is 15.6. The van der Waals surface area contributed by atoms with Crippen LogP contribution in [0.15, 0.2) is 36.4 Å². The molecule has 1 aliphatic heterocycles. The highest BCUT2D eigenvalue weighted by Crippen LogP contribution is 2.36. The lowest BCUT2D eigenvalue weighted by atomic mass is 10.1. The number of nitrogens with zero attached hydrogens (tertiary/aromatic N) is 2. The molecule has 6 nitrogen and oxygen atoms in total. The average Bonchev–Trinajstić information content (AvgIpc) is 2.78. The van der Waals surface area contributed by atoms with Crippen LogP contribution in [0.3, 0.4) is 0 Å². The number of anilines is 2. The Morgan fingerprint density at radius 1 is 1.21 bits per heavy atom. The second kappa shape index (κ2) is 10.4. The lowest BCUT2D eigenvalue weighted by Crippen LogP contribution is -2.40. The van der Waals surface area contributed by atoms with E-state index in [1.165, 1.54) is 25.3 Å². The Morgan fingerprint density at radius 2 is 1.91 bits per heavy atom. The third kappa shape index (κ3) is 6.14. The summed E-state index contributed by atoms with van der Waals surface area (Å²) in [5, 5.41) is 2.66. The van der Waals surface area contributed by atoms with Crippen molar-refractivity contribution in [3.8, 4) is 5.75 Å². The fourth-order valence-corrected chi connectivity index (χ4v) is 3.56. The third-order valence-corrected chi connectivity index (χ3v) is 5.62. The quantitative estimate of drug-likeness (QED) is 0.618. The molecule has 0 spiro atoms. The van der Waals surface area contributed by atoms with Crippen molar-refractivity contribution in [1.82, 2.24) is 4.90 Å². The molecule has 3 rings (SSSR count). The number of halogens is 4. The number of rotatable bonds is 7. The molecular weight excluding hydrogens is 442 g/mol. The van der Waals surface area contributed by atoms with Gasteiger partial charge in [0.05, 0.1) is 43.3 Å². The highest BCUT2D eigenvalue weighted by molar-refractivity contribution is 5.97. The predicted octanol–water partition coefficient (Wildman–Crippen LogP) is 4.15. The van der Waals surface area contributed by atoms with E-state index in [2.05, 4.69) is 5.32 Å². The lowest BCUT2D eigenvalue weighted by Gasteiger charge is -2.31. The number of hydrogen-bond donors (Lipinski definition) is 1. The summed E-state index contributed by atoms with van der Waals surface area (Å²) in [4.78, 5) is 16.5. The molecule has 0 radical (unpaired) electrons. The predicted molar refractivity (Wildman–Crippen MR) is 117 cm³/mol. The summed E-state index contributed by atoms with van der Waals surface area (Å²) in [6.45, 7) is 3.81. The molecular formula is C23H27F4N3O3. The highest BCUT2D eigenvalue weighted by Gasteiger charge is 2.32. The summed E-state index contributed by atoms with van der Waals surface area (Å²) in [7, 11) is 3.05. The van der Waals surface area contributed by atoms with Crippen LogP contribution in [0.2, 0.25) is 0 Å². The van der Waals surface area contributed by atoms with Crippen LogP contribution in [0.1, 0.15) is 18.1 Å². The molecule has 33 heavy (non-hydrogen) atoms. The number of morpholine rings is 1. The number of alkyl halides is 3. The number of methoxy groups -OCH3 is 1. The van der Waals surface area contributed by atoms with Gasteiger partial charge in [0.25, 0.3) is 0 Å². The van der Waals surface area contributed by atoms with Gasteiger partial charge in [-0.1, -0.05) is 6.07 Å². The van der Waals surface area contributed by atoms with Gasteiger partial charge < -0.3 is 19.7 Å². The van der Waals surface area contributed by atoms with Crippen LogP contribution in [-0.2, 0) is 22.3 Å². The van der Waals surface area contributed by atoms with Gasteiger partial charge in [-0.05, 0) is 49.9 Å². The van der Waals surface area contributed by atoms with E-state index in [-0.39, 0.29) is 18.0 Å². The maximum absolute atomic E-state index is 14.0. The maximum atomic E-state index is 14.0. The summed E-state index contributed by atoms with van der Waals surface area (Å²) in [6.07, 6.45) is -4.54. The molecule has 2 aromatic rings. The molecule has 10 heteroatoms. The van der Waals surface area contributed by atoms with Gasteiger partial charge in [-0.2, -0.15) is 13.2 Å². The molecule has 1 N–H and O–H groups in total. The Kier molecular flexibility index (Phi) is 7.80. The average molecular weight is 469 g/mol. The van der Waals surface area contributed by atoms with Crippen molar-refractivity contribution >= 4 is 17.3 Å². The minimum Gasteiger partial charge on any atom is -0.494 e. The van der Waals surface area contributed by atoms with Gasteiger partial charge in [0.1, 0.15) is 0 Å². The first-order valence-corrected chi connectivity index (χ1v) is 10.5. The molecule has 0 bridgehead atoms. The van der Waals surface area contributed by atoms with E-state index in [1.54, 1.807) is 24.9 Å². The van der Waals surface area contributed by atoms with Gasteiger partial charge in [-0.3, -0.25) is 9.69 Å². The number of nitrogens with one attached hydrogen (secondary N) is 1. The van der Waals surface area contributed by atoms with E-state index >= 15 is 0 Å². The Bertz CT molecular complexity index is 978. The summed E-state index contributed by atoms with van der Waals surface area (Å²) in [6, 6.07) is 7.15. The Morgan fingerprint density at radius 3 is 2.52 bits per heavy atom. The summed E-state index contributed by atoms with van der Waals surface area (Å²) >= 11 is 0. The van der Waals surface area contributed by atoms with Gasteiger partial charge >= 0.3 is 6.18 Å². The second-order valence-corrected chi connectivity index (χ2v) is 7.88. The Balaban J connectivity index is 1.77. The van der Waals surface area contributed by atoms with Crippen LogP contribution in [0.5, 0.6) is 5.75 Å². The monoisotopic (exact) mass is 469 g/mol. The van der Waals surface area contributed by atoms with Gasteiger partial charge in [0, 0.05) is 19.6 Å². The molecule has 0 aliphatic carbocycles. The van der Waals surface area contributed by atoms with Crippen molar-refractivity contribution in [3.63, 3.8) is 0 Å². The van der Waals surface area contributed by atoms with Crippen LogP contribution >= 0.6 is 0 Å². The van der Waals surface area contributed by atoms with Crippen molar-refractivity contribution in [2.45, 2.75) is 25.7 Å². The summed E-state index contributed by atoms with van der Waals surface area (Å²) in [5.74, 6) is -0.868. The topological polar surface area (TPSA) is 54.0 Å². The molecule has 1 heterocycles. The molecule has 1 amide bonds. The first-order valence-electron chi connectivity index (χ1n) is 10.5. The molecule has 1 unspecified atom stereocenters. The molecule has 1 saturated heterocycles. The highest BCUT2D eigenvalue weighted by atomic mass is 19.4. The molecule has 1 fully saturated rings. The molecule has 0 aromatic heterocycles. The number of amides is 1. The standard InChI is InChI=1S/C23H27F4N3O3/c1-15(29(2)14-16-4-7-21(32-3)18(24)12-16)22(31)28-19-13-17(23(25,26)27)5-6-20(19)30-8-10-33-11-9-30/h4-7,12-13,15H,8-11,14H2,1-3H3,(H,28,31). The summed E-state index contributed by atoms with van der Waals surface area (Å²) < 4.78 is 64.1. The Labute approximate surface area is 190 Å². The normalized spacial score (nSPS) is 15.5. The summed E-state index contributed by atoms with van der Waals surface area (Å²) in [5.41, 5.74) is 0.382. The SMILES string of the molecule is COc1ccc(CN(C)C(C)C(=O)Nc2cc(C(F)(F)F)ccc2N2CCOCC2)cc1F. The van der Waals surface area contributed by atoms with E-state index in [9.17, 15) is 22.4 Å². The number of carbonyl (C=O) groups excluding carboxylic acids is 1. The largest absolute Gasteiger partial charge is 0.494 e. The smallest absolute Gasteiger partial charge is 0.416 e. The zero-order valence-electron chi connectivity index (χ0n) is 18.7. The number of carbonyl (C=O) groups is 1. The molecule has 1 aliphatic rings. The minimum absolute atomic E-state index is 0.0902. The zero-order chi connectivity index (χ0) is 24.2. The van der Waals surface area contributed by atoms with Crippen molar-refractivity contribution in [2.75, 3.05) is 50.7 Å². The van der Waals surface area contributed by atoms with Crippen molar-refractivity contribution < 1.29 is 31.8 Å². The van der Waals surface area contributed by atoms with Crippen molar-refractivity contribution in [1.29, 1.82) is 0 Å². The molecule has 180 valence electrons. The first kappa shape index (κ1) is 24.8. The fraction of sp³-hybridized carbons (Fsp3) is 0.435. The minimum atomic E-state index is -4.54. The number of benzene rings is 2. The van der Waals surface area contributed by atoms with Gasteiger partial charge in [-0.25, -0.2) is 4.39 Å². The third-order valence-electron chi connectivity index (χ3n) is 5.62. The van der Waals surface area contributed by atoms with E-state index in [4.69, 9.17) is 9.47 Å². The second-order valence-electron chi connectivity index (χ2n) is 7.88. The van der Waals surface area contributed by atoms with Crippen LogP contribution in [0.25, 0.3) is 0 Å². The van der Waals surface area contributed by atoms with E-state index in [1.807, 2.05) is 4.90 Å². The van der Waals surface area contributed by atoms with E-state index < -0.39 is 29.5 Å². The number of likely N-dealkylation sites (N-methyl/N-ethyl adjacent to an activating group) is 1. The van der Waals surface area contributed by atoms with Crippen LogP contribution in [0.4, 0.5) is 28.9 Å². The van der Waals surface area contributed by atoms with Crippen molar-refractivity contribution in [2.24, 2.45) is 0 Å². The zero-order valence-corrected chi connectivity index (χ0v) is 18.7. The van der Waals surface area contributed by atoms with Crippen LogP contribution in [0, 0.1) is 5.82 Å².